The lowest BCUT2D eigenvalue weighted by Crippen LogP contribution is -2.44. The van der Waals surface area contributed by atoms with Gasteiger partial charge >= 0.3 is 0 Å². The van der Waals surface area contributed by atoms with Crippen molar-refractivity contribution >= 4 is 17.6 Å². The molecule has 0 bridgehead atoms. The maximum Gasteiger partial charge on any atom is 0.134 e. The van der Waals surface area contributed by atoms with Crippen LogP contribution in [-0.2, 0) is 4.79 Å². The van der Waals surface area contributed by atoms with Crippen molar-refractivity contribution in [2.24, 2.45) is 5.92 Å². The topological polar surface area (TPSA) is 20.3 Å². The Balaban J connectivity index is 3.00. The second-order valence-electron chi connectivity index (χ2n) is 5.11. The Kier molecular flexibility index (Phi) is 2.50. The SMILES string of the molecule is CC(=O)C1CC(C)(C)N(Cl)C1(C)C. The van der Waals surface area contributed by atoms with E-state index in [-0.39, 0.29) is 22.8 Å². The van der Waals surface area contributed by atoms with E-state index in [0.717, 1.165) is 6.42 Å². The Labute approximate surface area is 85.4 Å². The number of halogens is 1. The molecule has 0 spiro atoms. The van der Waals surface area contributed by atoms with E-state index < -0.39 is 0 Å². The van der Waals surface area contributed by atoms with Gasteiger partial charge in [0.15, 0.2) is 0 Å². The van der Waals surface area contributed by atoms with Crippen LogP contribution < -0.4 is 0 Å². The van der Waals surface area contributed by atoms with E-state index in [0.29, 0.717) is 0 Å². The summed E-state index contributed by atoms with van der Waals surface area (Å²) in [7, 11) is 0. The Hall–Kier alpha value is -0.0800. The first kappa shape index (κ1) is 11.0. The lowest BCUT2D eigenvalue weighted by Gasteiger charge is -2.34. The largest absolute Gasteiger partial charge is 0.300 e. The molecular formula is C10H18ClNO. The van der Waals surface area contributed by atoms with Crippen molar-refractivity contribution in [2.45, 2.75) is 52.1 Å². The summed E-state index contributed by atoms with van der Waals surface area (Å²) in [4.78, 5) is 11.4. The van der Waals surface area contributed by atoms with Crippen LogP contribution in [0.15, 0.2) is 0 Å². The molecule has 0 saturated carbocycles. The van der Waals surface area contributed by atoms with Crippen LogP contribution in [0.3, 0.4) is 0 Å². The van der Waals surface area contributed by atoms with Crippen molar-refractivity contribution in [3.05, 3.63) is 0 Å². The number of carbonyl (C=O) groups is 1. The zero-order valence-electron chi connectivity index (χ0n) is 9.02. The minimum absolute atomic E-state index is 0.0556. The molecule has 1 atom stereocenters. The van der Waals surface area contributed by atoms with Gasteiger partial charge in [-0.3, -0.25) is 4.79 Å². The molecule has 0 aromatic carbocycles. The van der Waals surface area contributed by atoms with Crippen molar-refractivity contribution in [3.63, 3.8) is 0 Å². The minimum atomic E-state index is -0.225. The maximum absolute atomic E-state index is 11.4. The van der Waals surface area contributed by atoms with E-state index in [1.54, 1.807) is 11.3 Å². The lowest BCUT2D eigenvalue weighted by atomic mass is 9.84. The second kappa shape index (κ2) is 2.96. The normalized spacial score (nSPS) is 32.0. The summed E-state index contributed by atoms with van der Waals surface area (Å²) in [6.07, 6.45) is 0.846. The smallest absolute Gasteiger partial charge is 0.134 e. The Morgan fingerprint density at radius 1 is 1.38 bits per heavy atom. The molecule has 1 heterocycles. The van der Waals surface area contributed by atoms with Gasteiger partial charge in [0.2, 0.25) is 0 Å². The van der Waals surface area contributed by atoms with Gasteiger partial charge in [0.25, 0.3) is 0 Å². The van der Waals surface area contributed by atoms with E-state index in [1.807, 2.05) is 13.8 Å². The molecule has 1 rings (SSSR count). The molecule has 1 fully saturated rings. The fourth-order valence-corrected chi connectivity index (χ4v) is 2.57. The summed E-state index contributed by atoms with van der Waals surface area (Å²) in [5.41, 5.74) is -0.307. The zero-order valence-corrected chi connectivity index (χ0v) is 9.77. The van der Waals surface area contributed by atoms with Crippen LogP contribution >= 0.6 is 11.8 Å². The summed E-state index contributed by atoms with van der Waals surface area (Å²) in [5.74, 6) is 0.293. The van der Waals surface area contributed by atoms with Crippen LogP contribution in [0, 0.1) is 5.92 Å². The third-order valence-electron chi connectivity index (χ3n) is 3.08. The van der Waals surface area contributed by atoms with Gasteiger partial charge in [-0.05, 0) is 52.8 Å². The molecule has 1 unspecified atom stereocenters. The van der Waals surface area contributed by atoms with Gasteiger partial charge in [0, 0.05) is 17.0 Å². The predicted octanol–water partition coefficient (Wildman–Crippen LogP) is 2.61. The van der Waals surface area contributed by atoms with Crippen LogP contribution in [-0.4, -0.2) is 21.3 Å². The summed E-state index contributed by atoms with van der Waals surface area (Å²) in [5, 5.41) is 0. The maximum atomic E-state index is 11.4. The molecule has 0 radical (unpaired) electrons. The molecule has 1 aliphatic rings. The number of nitrogens with zero attached hydrogens (tertiary/aromatic N) is 1. The molecule has 0 aliphatic carbocycles. The quantitative estimate of drug-likeness (QED) is 0.611. The number of hydrogen-bond donors (Lipinski definition) is 0. The molecule has 76 valence electrons. The van der Waals surface area contributed by atoms with Crippen LogP contribution in [0.4, 0.5) is 0 Å². The highest BCUT2D eigenvalue weighted by Gasteiger charge is 2.52. The van der Waals surface area contributed by atoms with Gasteiger partial charge in [-0.1, -0.05) is 0 Å². The third kappa shape index (κ3) is 1.62. The fourth-order valence-electron chi connectivity index (χ4n) is 2.39. The molecule has 3 heteroatoms. The van der Waals surface area contributed by atoms with Gasteiger partial charge in [0.1, 0.15) is 5.78 Å². The van der Waals surface area contributed by atoms with Crippen LogP contribution in [0.1, 0.15) is 41.0 Å². The molecular weight excluding hydrogens is 186 g/mol. The number of rotatable bonds is 1. The first-order chi connectivity index (χ1) is 5.69. The zero-order chi connectivity index (χ0) is 10.4. The Morgan fingerprint density at radius 3 is 2.00 bits per heavy atom. The molecule has 0 aromatic heterocycles. The van der Waals surface area contributed by atoms with Crippen molar-refractivity contribution in [3.8, 4) is 0 Å². The Morgan fingerprint density at radius 2 is 1.85 bits per heavy atom. The lowest BCUT2D eigenvalue weighted by molar-refractivity contribution is -0.122. The number of ketones is 1. The summed E-state index contributed by atoms with van der Waals surface area (Å²) in [6.45, 7) is 9.86. The second-order valence-corrected chi connectivity index (χ2v) is 5.45. The molecule has 0 N–H and O–H groups in total. The first-order valence-electron chi connectivity index (χ1n) is 4.66. The molecule has 1 aliphatic heterocycles. The van der Waals surface area contributed by atoms with Crippen molar-refractivity contribution < 1.29 is 4.79 Å². The molecule has 0 amide bonds. The number of Topliss-reactive ketones (excluding diaryl/α,β-unsaturated/α-hetero) is 1. The van der Waals surface area contributed by atoms with E-state index in [1.165, 1.54) is 0 Å². The number of carbonyl (C=O) groups excluding carboxylic acids is 1. The van der Waals surface area contributed by atoms with E-state index >= 15 is 0 Å². The number of hydrogen-bond acceptors (Lipinski definition) is 2. The summed E-state index contributed by atoms with van der Waals surface area (Å²) >= 11 is 6.22. The van der Waals surface area contributed by atoms with Gasteiger partial charge in [-0.25, -0.2) is 4.42 Å². The van der Waals surface area contributed by atoms with Gasteiger partial charge in [-0.15, -0.1) is 0 Å². The van der Waals surface area contributed by atoms with Crippen molar-refractivity contribution in [1.29, 1.82) is 0 Å². The standard InChI is InChI=1S/C10H18ClNO/c1-7(13)8-6-9(2,3)12(11)10(8,4)5/h8H,6H2,1-5H3. The van der Waals surface area contributed by atoms with E-state index in [9.17, 15) is 4.79 Å². The highest BCUT2D eigenvalue weighted by Crippen LogP contribution is 2.46. The molecule has 13 heavy (non-hydrogen) atoms. The molecule has 2 nitrogen and oxygen atoms in total. The van der Waals surface area contributed by atoms with Crippen LogP contribution in [0.25, 0.3) is 0 Å². The summed E-state index contributed by atoms with van der Waals surface area (Å²) in [6, 6.07) is 0. The highest BCUT2D eigenvalue weighted by atomic mass is 35.5. The van der Waals surface area contributed by atoms with Crippen molar-refractivity contribution in [1.82, 2.24) is 4.42 Å². The van der Waals surface area contributed by atoms with Crippen LogP contribution in [0.5, 0.6) is 0 Å². The molecule has 0 aromatic rings. The average molecular weight is 204 g/mol. The first-order valence-corrected chi connectivity index (χ1v) is 5.00. The monoisotopic (exact) mass is 203 g/mol. The van der Waals surface area contributed by atoms with Gasteiger partial charge in [-0.2, -0.15) is 0 Å². The molecule has 1 saturated heterocycles. The van der Waals surface area contributed by atoms with Crippen molar-refractivity contribution in [2.75, 3.05) is 0 Å². The van der Waals surface area contributed by atoms with E-state index in [4.69, 9.17) is 11.8 Å². The highest BCUT2D eigenvalue weighted by molar-refractivity contribution is 6.14. The van der Waals surface area contributed by atoms with Gasteiger partial charge in [0.05, 0.1) is 0 Å². The predicted molar refractivity (Wildman–Crippen MR) is 54.6 cm³/mol. The van der Waals surface area contributed by atoms with Gasteiger partial charge < -0.3 is 0 Å². The Bertz CT molecular complexity index is 235. The van der Waals surface area contributed by atoms with Crippen LogP contribution in [0.2, 0.25) is 0 Å². The third-order valence-corrected chi connectivity index (χ3v) is 3.98. The summed E-state index contributed by atoms with van der Waals surface area (Å²) < 4.78 is 1.80. The minimum Gasteiger partial charge on any atom is -0.300 e. The fraction of sp³-hybridized carbons (Fsp3) is 0.900. The average Bonchev–Trinajstić information content (AvgIpc) is 2.11. The van der Waals surface area contributed by atoms with E-state index in [2.05, 4.69) is 13.8 Å².